The van der Waals surface area contributed by atoms with Crippen LogP contribution in [-0.2, 0) is 0 Å². The minimum Gasteiger partial charge on any atom is -0.369 e. The van der Waals surface area contributed by atoms with E-state index in [1.807, 2.05) is 20.0 Å². The molecule has 0 atom stereocenters. The van der Waals surface area contributed by atoms with Crippen molar-refractivity contribution in [2.75, 3.05) is 30.8 Å². The lowest BCUT2D eigenvalue weighted by atomic mass is 10.4. The molecule has 1 aromatic rings. The zero-order chi connectivity index (χ0) is 12.0. The third kappa shape index (κ3) is 4.44. The first-order valence-electron chi connectivity index (χ1n) is 5.62. The van der Waals surface area contributed by atoms with Crippen molar-refractivity contribution in [2.24, 2.45) is 0 Å². The Morgan fingerprint density at radius 2 is 1.88 bits per heavy atom. The van der Waals surface area contributed by atoms with E-state index in [-0.39, 0.29) is 0 Å². The lowest BCUT2D eigenvalue weighted by Gasteiger charge is -2.12. The molecule has 0 unspecified atom stereocenters. The van der Waals surface area contributed by atoms with Gasteiger partial charge < -0.3 is 16.0 Å². The first-order chi connectivity index (χ1) is 7.61. The summed E-state index contributed by atoms with van der Waals surface area (Å²) in [4.78, 5) is 8.65. The van der Waals surface area contributed by atoms with Crippen LogP contribution < -0.4 is 16.0 Å². The van der Waals surface area contributed by atoms with Crippen LogP contribution in [0.5, 0.6) is 0 Å². The average molecular weight is 223 g/mol. The molecule has 1 rings (SSSR count). The molecule has 16 heavy (non-hydrogen) atoms. The predicted molar refractivity (Wildman–Crippen MR) is 67.9 cm³/mol. The summed E-state index contributed by atoms with van der Waals surface area (Å²) in [5.41, 5.74) is 0. The van der Waals surface area contributed by atoms with Gasteiger partial charge in [-0.1, -0.05) is 0 Å². The zero-order valence-corrected chi connectivity index (χ0v) is 10.5. The molecule has 0 aliphatic heterocycles. The van der Waals surface area contributed by atoms with Crippen LogP contribution in [0.4, 0.5) is 11.6 Å². The molecule has 0 saturated carbocycles. The highest BCUT2D eigenvalue weighted by Gasteiger charge is 2.02. The molecule has 0 radical (unpaired) electrons. The first-order valence-corrected chi connectivity index (χ1v) is 5.62. The van der Waals surface area contributed by atoms with Crippen molar-refractivity contribution in [3.8, 4) is 0 Å². The summed E-state index contributed by atoms with van der Waals surface area (Å²) in [6.07, 6.45) is 0. The Balaban J connectivity index is 2.65. The Labute approximate surface area is 97.1 Å². The van der Waals surface area contributed by atoms with Crippen molar-refractivity contribution in [1.29, 1.82) is 0 Å². The molecular formula is C11H21N5. The lowest BCUT2D eigenvalue weighted by molar-refractivity contribution is 0.819. The summed E-state index contributed by atoms with van der Waals surface area (Å²) >= 11 is 0. The quantitative estimate of drug-likeness (QED) is 0.633. The van der Waals surface area contributed by atoms with Gasteiger partial charge in [0.2, 0.25) is 0 Å². The first kappa shape index (κ1) is 12.7. The van der Waals surface area contributed by atoms with E-state index < -0.39 is 0 Å². The summed E-state index contributed by atoms with van der Waals surface area (Å²) in [6.45, 7) is 7.84. The second kappa shape index (κ2) is 6.27. The molecule has 0 aromatic carbocycles. The molecule has 5 heteroatoms. The molecule has 0 bridgehead atoms. The van der Waals surface area contributed by atoms with E-state index in [4.69, 9.17) is 0 Å². The zero-order valence-electron chi connectivity index (χ0n) is 10.5. The summed E-state index contributed by atoms with van der Waals surface area (Å²) in [5, 5.41) is 9.59. The maximum Gasteiger partial charge on any atom is 0.131 e. The minimum absolute atomic E-state index is 0.374. The molecule has 0 spiro atoms. The number of aryl methyl sites for hydroxylation is 1. The third-order valence-electron chi connectivity index (χ3n) is 1.96. The Hall–Kier alpha value is -1.36. The van der Waals surface area contributed by atoms with E-state index in [1.54, 1.807) is 0 Å². The molecule has 1 aromatic heterocycles. The standard InChI is InChI=1S/C11H21N5/c1-8(2)14-11-7-10(13-6-5-12-4)15-9(3)16-11/h7-8,12H,5-6H2,1-4H3,(H2,13,14,15,16). The SMILES string of the molecule is CNCCNc1cc(NC(C)C)nc(C)n1. The highest BCUT2D eigenvalue weighted by molar-refractivity contribution is 5.47. The number of anilines is 2. The Kier molecular flexibility index (Phi) is 4.98. The molecule has 3 N–H and O–H groups in total. The maximum absolute atomic E-state index is 4.32. The van der Waals surface area contributed by atoms with E-state index in [0.717, 1.165) is 30.5 Å². The van der Waals surface area contributed by atoms with Crippen molar-refractivity contribution in [3.05, 3.63) is 11.9 Å². The minimum atomic E-state index is 0.374. The highest BCUT2D eigenvalue weighted by Crippen LogP contribution is 2.11. The average Bonchev–Trinajstić information content (AvgIpc) is 2.16. The summed E-state index contributed by atoms with van der Waals surface area (Å²) < 4.78 is 0. The fourth-order valence-electron chi connectivity index (χ4n) is 1.34. The van der Waals surface area contributed by atoms with Crippen LogP contribution in [0.1, 0.15) is 19.7 Å². The van der Waals surface area contributed by atoms with Gasteiger partial charge >= 0.3 is 0 Å². The van der Waals surface area contributed by atoms with E-state index in [0.29, 0.717) is 6.04 Å². The summed E-state index contributed by atoms with van der Waals surface area (Å²) in [5.74, 6) is 2.51. The molecule has 0 aliphatic rings. The van der Waals surface area contributed by atoms with Crippen molar-refractivity contribution in [3.63, 3.8) is 0 Å². The monoisotopic (exact) mass is 223 g/mol. The molecule has 0 saturated heterocycles. The largest absolute Gasteiger partial charge is 0.369 e. The van der Waals surface area contributed by atoms with Gasteiger partial charge in [-0.2, -0.15) is 0 Å². The van der Waals surface area contributed by atoms with Gasteiger partial charge in [0.05, 0.1) is 0 Å². The van der Waals surface area contributed by atoms with Crippen molar-refractivity contribution < 1.29 is 0 Å². The van der Waals surface area contributed by atoms with Gasteiger partial charge in [-0.3, -0.25) is 0 Å². The van der Waals surface area contributed by atoms with Crippen molar-refractivity contribution >= 4 is 11.6 Å². The van der Waals surface area contributed by atoms with Crippen LogP contribution in [0, 0.1) is 6.92 Å². The number of hydrogen-bond donors (Lipinski definition) is 3. The second-order valence-electron chi connectivity index (χ2n) is 4.02. The van der Waals surface area contributed by atoms with E-state index in [2.05, 4.69) is 39.8 Å². The fourth-order valence-corrected chi connectivity index (χ4v) is 1.34. The Morgan fingerprint density at radius 3 is 2.50 bits per heavy atom. The van der Waals surface area contributed by atoms with Crippen LogP contribution in [0.2, 0.25) is 0 Å². The number of nitrogens with one attached hydrogen (secondary N) is 3. The van der Waals surface area contributed by atoms with Gasteiger partial charge in [0, 0.05) is 25.2 Å². The number of likely N-dealkylation sites (N-methyl/N-ethyl adjacent to an activating group) is 1. The van der Waals surface area contributed by atoms with E-state index in [9.17, 15) is 0 Å². The van der Waals surface area contributed by atoms with E-state index >= 15 is 0 Å². The van der Waals surface area contributed by atoms with Crippen molar-refractivity contribution in [1.82, 2.24) is 15.3 Å². The topological polar surface area (TPSA) is 61.9 Å². The second-order valence-corrected chi connectivity index (χ2v) is 4.02. The van der Waals surface area contributed by atoms with Gasteiger partial charge in [-0.15, -0.1) is 0 Å². The maximum atomic E-state index is 4.32. The van der Waals surface area contributed by atoms with Crippen LogP contribution in [0.15, 0.2) is 6.07 Å². The molecule has 5 nitrogen and oxygen atoms in total. The normalized spacial score (nSPS) is 10.6. The number of rotatable bonds is 6. The van der Waals surface area contributed by atoms with Crippen molar-refractivity contribution in [2.45, 2.75) is 26.8 Å². The number of hydrogen-bond acceptors (Lipinski definition) is 5. The van der Waals surface area contributed by atoms with E-state index in [1.165, 1.54) is 0 Å². The van der Waals surface area contributed by atoms with Gasteiger partial charge in [-0.05, 0) is 27.8 Å². The highest BCUT2D eigenvalue weighted by atomic mass is 15.1. The fraction of sp³-hybridized carbons (Fsp3) is 0.636. The molecule has 0 fully saturated rings. The molecule has 90 valence electrons. The van der Waals surface area contributed by atoms with Gasteiger partial charge in [0.15, 0.2) is 0 Å². The summed E-state index contributed by atoms with van der Waals surface area (Å²) in [7, 11) is 1.93. The molecule has 0 aliphatic carbocycles. The Morgan fingerprint density at radius 1 is 1.19 bits per heavy atom. The lowest BCUT2D eigenvalue weighted by Crippen LogP contribution is -2.19. The molecular weight excluding hydrogens is 202 g/mol. The summed E-state index contributed by atoms with van der Waals surface area (Å²) in [6, 6.07) is 2.31. The third-order valence-corrected chi connectivity index (χ3v) is 1.96. The predicted octanol–water partition coefficient (Wildman–Crippen LogP) is 1.24. The molecule has 1 heterocycles. The van der Waals surface area contributed by atoms with Crippen LogP contribution in [0.3, 0.4) is 0 Å². The van der Waals surface area contributed by atoms with Crippen LogP contribution in [0.25, 0.3) is 0 Å². The number of aromatic nitrogens is 2. The number of nitrogens with zero attached hydrogens (tertiary/aromatic N) is 2. The molecule has 0 amide bonds. The van der Waals surface area contributed by atoms with Crippen LogP contribution in [-0.4, -0.2) is 36.1 Å². The smallest absolute Gasteiger partial charge is 0.131 e. The van der Waals surface area contributed by atoms with Gasteiger partial charge in [0.25, 0.3) is 0 Å². The Bertz CT molecular complexity index is 324. The van der Waals surface area contributed by atoms with Gasteiger partial charge in [0.1, 0.15) is 17.5 Å². The van der Waals surface area contributed by atoms with Gasteiger partial charge in [-0.25, -0.2) is 9.97 Å². The van der Waals surface area contributed by atoms with Crippen LogP contribution >= 0.6 is 0 Å².